The molecule has 5 heteroatoms. The van der Waals surface area contributed by atoms with Crippen LogP contribution in [0.25, 0.3) is 0 Å². The molecule has 0 bridgehead atoms. The third-order valence-electron chi connectivity index (χ3n) is 4.90. The Labute approximate surface area is 135 Å². The first-order valence-corrected chi connectivity index (χ1v) is 8.48. The van der Waals surface area contributed by atoms with Crippen molar-refractivity contribution in [3.63, 3.8) is 0 Å². The molecule has 2 aliphatic rings. The Kier molecular flexibility index (Phi) is 5.26. The maximum Gasteiger partial charge on any atom is 0.225 e. The normalized spacial score (nSPS) is 22.5. The predicted octanol–water partition coefficient (Wildman–Crippen LogP) is 3.66. The van der Waals surface area contributed by atoms with E-state index < -0.39 is 11.6 Å². The molecule has 3 rings (SSSR count). The number of hydrogen-bond acceptors (Lipinski definition) is 2. The molecule has 3 nitrogen and oxygen atoms in total. The van der Waals surface area contributed by atoms with Crippen molar-refractivity contribution in [3.05, 3.63) is 35.4 Å². The summed E-state index contributed by atoms with van der Waals surface area (Å²) in [6.07, 6.45) is 5.92. The molecule has 1 aromatic rings. The summed E-state index contributed by atoms with van der Waals surface area (Å²) in [7, 11) is 0. The van der Waals surface area contributed by atoms with Crippen molar-refractivity contribution in [2.45, 2.75) is 51.2 Å². The molecular formula is C18H23F2NO2. The van der Waals surface area contributed by atoms with E-state index >= 15 is 0 Å². The minimum absolute atomic E-state index is 0.0414. The van der Waals surface area contributed by atoms with Gasteiger partial charge in [0.05, 0.1) is 12.7 Å². The first kappa shape index (κ1) is 16.4. The fraction of sp³-hybridized carbons (Fsp3) is 0.611. The van der Waals surface area contributed by atoms with E-state index in [-0.39, 0.29) is 30.1 Å². The number of halogens is 2. The highest BCUT2D eigenvalue weighted by Gasteiger charge is 2.30. The summed E-state index contributed by atoms with van der Waals surface area (Å²) in [6, 6.07) is 4.11. The van der Waals surface area contributed by atoms with Crippen LogP contribution in [0.4, 0.5) is 8.78 Å². The van der Waals surface area contributed by atoms with Crippen LogP contribution in [0.1, 0.15) is 44.1 Å². The second-order valence-electron chi connectivity index (χ2n) is 6.55. The maximum atomic E-state index is 13.6. The zero-order valence-corrected chi connectivity index (χ0v) is 13.3. The average Bonchev–Trinajstić information content (AvgIpc) is 3.10. The number of likely N-dealkylation sites (tertiary alicyclic amines) is 1. The first-order chi connectivity index (χ1) is 11.1. The highest BCUT2D eigenvalue weighted by Crippen LogP contribution is 2.28. The van der Waals surface area contributed by atoms with E-state index in [1.807, 2.05) is 4.90 Å². The SMILES string of the molecule is O=C(C1CCCC1)N1CCCC(OCc2cccc(F)c2F)C1. The van der Waals surface area contributed by atoms with Crippen LogP contribution in [-0.4, -0.2) is 30.0 Å². The summed E-state index contributed by atoms with van der Waals surface area (Å²) in [5.74, 6) is -1.28. The van der Waals surface area contributed by atoms with E-state index in [1.165, 1.54) is 12.1 Å². The lowest BCUT2D eigenvalue weighted by atomic mass is 10.0. The Hall–Kier alpha value is -1.49. The summed E-state index contributed by atoms with van der Waals surface area (Å²) in [6.45, 7) is 1.38. The monoisotopic (exact) mass is 323 g/mol. The standard InChI is InChI=1S/C18H23F2NO2/c19-16-9-3-7-14(17(16)20)12-23-15-8-4-10-21(11-15)18(22)13-5-1-2-6-13/h3,7,9,13,15H,1-2,4-6,8,10-12H2. The van der Waals surface area contributed by atoms with Crippen LogP contribution in [0.3, 0.4) is 0 Å². The second kappa shape index (κ2) is 7.39. The van der Waals surface area contributed by atoms with Crippen LogP contribution < -0.4 is 0 Å². The molecule has 1 aromatic carbocycles. The first-order valence-electron chi connectivity index (χ1n) is 8.48. The molecule has 1 aliphatic carbocycles. The van der Waals surface area contributed by atoms with Crippen LogP contribution in [-0.2, 0) is 16.1 Å². The minimum atomic E-state index is -0.854. The summed E-state index contributed by atoms with van der Waals surface area (Å²) < 4.78 is 32.6. The number of benzene rings is 1. The van der Waals surface area contributed by atoms with E-state index in [9.17, 15) is 13.6 Å². The molecule has 1 saturated carbocycles. The van der Waals surface area contributed by atoms with E-state index in [4.69, 9.17) is 4.74 Å². The molecule has 126 valence electrons. The molecule has 0 spiro atoms. The summed E-state index contributed by atoms with van der Waals surface area (Å²) >= 11 is 0. The second-order valence-corrected chi connectivity index (χ2v) is 6.55. The highest BCUT2D eigenvalue weighted by atomic mass is 19.2. The third-order valence-corrected chi connectivity index (χ3v) is 4.90. The summed E-state index contributed by atoms with van der Waals surface area (Å²) in [5.41, 5.74) is 0.226. The Morgan fingerprint density at radius 2 is 1.96 bits per heavy atom. The molecule has 0 radical (unpaired) electrons. The molecule has 1 saturated heterocycles. The third kappa shape index (κ3) is 3.89. The molecule has 1 unspecified atom stereocenters. The van der Waals surface area contributed by atoms with Crippen molar-refractivity contribution in [1.82, 2.24) is 4.90 Å². The van der Waals surface area contributed by atoms with Crippen molar-refractivity contribution < 1.29 is 18.3 Å². The average molecular weight is 323 g/mol. The Morgan fingerprint density at radius 3 is 2.74 bits per heavy atom. The quantitative estimate of drug-likeness (QED) is 0.846. The fourth-order valence-corrected chi connectivity index (χ4v) is 3.57. The Balaban J connectivity index is 1.54. The Bertz CT molecular complexity index is 558. The fourth-order valence-electron chi connectivity index (χ4n) is 3.57. The van der Waals surface area contributed by atoms with E-state index in [1.54, 1.807) is 0 Å². The number of amides is 1. The van der Waals surface area contributed by atoms with Gasteiger partial charge in [-0.2, -0.15) is 0 Å². The van der Waals surface area contributed by atoms with Gasteiger partial charge < -0.3 is 9.64 Å². The van der Waals surface area contributed by atoms with Gasteiger partial charge in [-0.05, 0) is 31.7 Å². The van der Waals surface area contributed by atoms with Gasteiger partial charge in [-0.25, -0.2) is 8.78 Å². The van der Waals surface area contributed by atoms with Crippen molar-refractivity contribution >= 4 is 5.91 Å². The molecular weight excluding hydrogens is 300 g/mol. The van der Waals surface area contributed by atoms with Crippen molar-refractivity contribution in [3.8, 4) is 0 Å². The van der Waals surface area contributed by atoms with Crippen LogP contribution in [0.2, 0.25) is 0 Å². The van der Waals surface area contributed by atoms with Gasteiger partial charge in [0, 0.05) is 24.6 Å². The van der Waals surface area contributed by atoms with Crippen LogP contribution in [0.15, 0.2) is 18.2 Å². The topological polar surface area (TPSA) is 29.5 Å². The van der Waals surface area contributed by atoms with Crippen molar-refractivity contribution in [2.75, 3.05) is 13.1 Å². The van der Waals surface area contributed by atoms with Crippen molar-refractivity contribution in [1.29, 1.82) is 0 Å². The number of nitrogens with zero attached hydrogens (tertiary/aromatic N) is 1. The number of hydrogen-bond donors (Lipinski definition) is 0. The molecule has 0 aromatic heterocycles. The van der Waals surface area contributed by atoms with Gasteiger partial charge in [-0.3, -0.25) is 4.79 Å². The largest absolute Gasteiger partial charge is 0.372 e. The van der Waals surface area contributed by atoms with E-state index in [0.717, 1.165) is 51.1 Å². The molecule has 1 amide bonds. The van der Waals surface area contributed by atoms with E-state index in [2.05, 4.69) is 0 Å². The number of ether oxygens (including phenoxy) is 1. The molecule has 2 fully saturated rings. The molecule has 23 heavy (non-hydrogen) atoms. The van der Waals surface area contributed by atoms with Crippen LogP contribution >= 0.6 is 0 Å². The zero-order chi connectivity index (χ0) is 16.2. The molecule has 1 heterocycles. The van der Waals surface area contributed by atoms with Crippen LogP contribution in [0, 0.1) is 17.6 Å². The van der Waals surface area contributed by atoms with Gasteiger partial charge in [-0.15, -0.1) is 0 Å². The number of rotatable bonds is 4. The lowest BCUT2D eigenvalue weighted by molar-refractivity contribution is -0.139. The molecule has 0 N–H and O–H groups in total. The Morgan fingerprint density at radius 1 is 1.17 bits per heavy atom. The summed E-state index contributed by atoms with van der Waals surface area (Å²) in [5, 5.41) is 0. The minimum Gasteiger partial charge on any atom is -0.372 e. The van der Waals surface area contributed by atoms with Crippen molar-refractivity contribution in [2.24, 2.45) is 5.92 Å². The number of piperidine rings is 1. The molecule has 1 atom stereocenters. The van der Waals surface area contributed by atoms with Gasteiger partial charge in [0.1, 0.15) is 0 Å². The van der Waals surface area contributed by atoms with Gasteiger partial charge in [0.25, 0.3) is 0 Å². The summed E-state index contributed by atoms with van der Waals surface area (Å²) in [4.78, 5) is 14.4. The van der Waals surface area contributed by atoms with Gasteiger partial charge in [0.15, 0.2) is 11.6 Å². The predicted molar refractivity (Wildman–Crippen MR) is 82.7 cm³/mol. The highest BCUT2D eigenvalue weighted by molar-refractivity contribution is 5.79. The van der Waals surface area contributed by atoms with Crippen LogP contribution in [0.5, 0.6) is 0 Å². The lowest BCUT2D eigenvalue weighted by Crippen LogP contribution is -2.45. The van der Waals surface area contributed by atoms with Gasteiger partial charge in [-0.1, -0.05) is 25.0 Å². The number of carbonyl (C=O) groups excluding carboxylic acids is 1. The number of carbonyl (C=O) groups is 1. The zero-order valence-electron chi connectivity index (χ0n) is 13.3. The molecule has 1 aliphatic heterocycles. The van der Waals surface area contributed by atoms with Gasteiger partial charge >= 0.3 is 0 Å². The van der Waals surface area contributed by atoms with Gasteiger partial charge in [0.2, 0.25) is 5.91 Å². The van der Waals surface area contributed by atoms with E-state index in [0.29, 0.717) is 6.54 Å². The smallest absolute Gasteiger partial charge is 0.225 e. The lowest BCUT2D eigenvalue weighted by Gasteiger charge is -2.34. The maximum absolute atomic E-state index is 13.6.